The maximum atomic E-state index is 14.8. The number of esters is 1. The Morgan fingerprint density at radius 2 is 1.08 bits per heavy atom. The molecule has 13 N–H and O–H groups in total. The Morgan fingerprint density at radius 1 is 0.553 bits per heavy atom. The van der Waals surface area contributed by atoms with Crippen molar-refractivity contribution in [3.8, 4) is 0 Å². The normalized spacial score (nSPS) is 55.2. The Labute approximate surface area is 444 Å². The molecule has 4 aliphatic heterocycles. The summed E-state index contributed by atoms with van der Waals surface area (Å²) in [7, 11) is 0. The van der Waals surface area contributed by atoms with E-state index in [4.69, 9.17) is 37.9 Å². The molecule has 4 heterocycles. The fourth-order valence-electron chi connectivity index (χ4n) is 16.7. The van der Waals surface area contributed by atoms with E-state index >= 15 is 0 Å². The van der Waals surface area contributed by atoms with Gasteiger partial charge in [0.25, 0.3) is 0 Å². The summed E-state index contributed by atoms with van der Waals surface area (Å²) in [5.41, 5.74) is -0.981. The van der Waals surface area contributed by atoms with Crippen molar-refractivity contribution in [3.05, 3.63) is 11.6 Å². The molecule has 0 bridgehead atoms. The number of carbonyl (C=O) groups is 1. The monoisotopic (exact) mass is 1090 g/mol. The van der Waals surface area contributed by atoms with E-state index in [2.05, 4.69) is 54.5 Å². The van der Waals surface area contributed by atoms with Crippen molar-refractivity contribution in [2.45, 2.75) is 242 Å². The van der Waals surface area contributed by atoms with Crippen LogP contribution in [0.1, 0.15) is 113 Å². The van der Waals surface area contributed by atoms with Gasteiger partial charge in [0.1, 0.15) is 91.6 Å². The highest BCUT2D eigenvalue weighted by Gasteiger charge is 2.71. The van der Waals surface area contributed by atoms with Gasteiger partial charge in [-0.15, -0.1) is 0 Å². The number of allylic oxidation sites excluding steroid dienone is 2. The SMILES string of the molecule is CC1CCC2(C(=O)OC3OC(CO)C(O)C(O)C3O)CCC3(C)C(=CCC4C5(C)CCC(OC6OC(CO)C(O)C(O)C6OC6OC(CO)C(O)C(O)C6OC6OC(C)C(O)C(O)C6O)C(C)(C)C5CCC43C)C2C1C. The summed E-state index contributed by atoms with van der Waals surface area (Å²) >= 11 is 0. The van der Waals surface area contributed by atoms with Crippen molar-refractivity contribution in [2.75, 3.05) is 19.8 Å². The minimum absolute atomic E-state index is 0.0897. The number of aliphatic hydroxyl groups is 13. The summed E-state index contributed by atoms with van der Waals surface area (Å²) in [6.07, 6.45) is -23.8. The van der Waals surface area contributed by atoms with Crippen LogP contribution >= 0.6 is 0 Å². The lowest BCUT2D eigenvalue weighted by Gasteiger charge is -2.71. The van der Waals surface area contributed by atoms with Crippen LogP contribution in [0.15, 0.2) is 11.6 Å². The number of carbonyl (C=O) groups excluding carboxylic acids is 1. The van der Waals surface area contributed by atoms with Crippen LogP contribution in [-0.4, -0.2) is 221 Å². The van der Waals surface area contributed by atoms with Gasteiger partial charge in [0, 0.05) is 0 Å². The van der Waals surface area contributed by atoms with Gasteiger partial charge in [0.05, 0.1) is 37.4 Å². The van der Waals surface area contributed by atoms with Crippen LogP contribution in [0, 0.1) is 56.7 Å². The zero-order valence-electron chi connectivity index (χ0n) is 45.1. The van der Waals surface area contributed by atoms with Crippen LogP contribution in [0.5, 0.6) is 0 Å². The van der Waals surface area contributed by atoms with Gasteiger partial charge in [0.2, 0.25) is 6.29 Å². The lowest BCUT2D eigenvalue weighted by atomic mass is 9.33. The summed E-state index contributed by atoms with van der Waals surface area (Å²) in [6.45, 7) is 15.2. The molecule has 0 aromatic heterocycles. The van der Waals surface area contributed by atoms with Crippen LogP contribution in [-0.2, 0) is 42.7 Å². The highest BCUT2D eigenvalue weighted by atomic mass is 16.8. The average Bonchev–Trinajstić information content (AvgIpc) is 3.47. The highest BCUT2D eigenvalue weighted by Crippen LogP contribution is 2.76. The predicted octanol–water partition coefficient (Wildman–Crippen LogP) is -1.15. The smallest absolute Gasteiger partial charge is 0.315 e. The van der Waals surface area contributed by atoms with E-state index in [1.54, 1.807) is 0 Å². The number of hydrogen-bond acceptors (Lipinski definition) is 22. The molecule has 5 aliphatic carbocycles. The standard InChI is InChI=1S/C54H88O22/c1-22-11-16-54(49(68)76-46-42(67)38(63)34(59)26(19-55)70-46)18-17-52(7)25(32(54)23(22)2)9-10-30-51(6)14-13-31(50(4,5)29(51)12-15-53(30,52)8)73-47-43(39(64)35(60)27(20-56)71-47)75-48-44(40(65)36(61)28(21-57)72-48)74-45-41(66)37(62)33(58)24(3)69-45/h9,22-24,26-48,55-67H,10-21H2,1-8H3. The number of ether oxygens (including phenoxy) is 8. The second-order valence-electron chi connectivity index (χ2n) is 25.7. The number of hydrogen-bond donors (Lipinski definition) is 13. The van der Waals surface area contributed by atoms with E-state index < -0.39 is 166 Å². The topological polar surface area (TPSA) is 354 Å². The third-order valence-corrected chi connectivity index (χ3v) is 21.7. The molecule has 30 unspecified atom stereocenters. The Morgan fingerprint density at radius 3 is 1.67 bits per heavy atom. The predicted molar refractivity (Wildman–Crippen MR) is 261 cm³/mol. The number of aliphatic hydroxyl groups excluding tert-OH is 13. The molecule has 0 amide bonds. The maximum absolute atomic E-state index is 14.8. The van der Waals surface area contributed by atoms with Crippen LogP contribution < -0.4 is 0 Å². The zero-order valence-corrected chi connectivity index (χ0v) is 45.1. The Balaban J connectivity index is 0.965. The molecule has 436 valence electrons. The van der Waals surface area contributed by atoms with Crippen LogP contribution in [0.25, 0.3) is 0 Å². The minimum Gasteiger partial charge on any atom is -0.432 e. The molecule has 76 heavy (non-hydrogen) atoms. The van der Waals surface area contributed by atoms with Gasteiger partial charge in [-0.2, -0.15) is 0 Å². The summed E-state index contributed by atoms with van der Waals surface area (Å²) < 4.78 is 48.7. The summed E-state index contributed by atoms with van der Waals surface area (Å²) in [6, 6.07) is 0. The molecule has 8 fully saturated rings. The van der Waals surface area contributed by atoms with Crippen molar-refractivity contribution >= 4 is 5.97 Å². The van der Waals surface area contributed by atoms with Gasteiger partial charge in [-0.25, -0.2) is 0 Å². The van der Waals surface area contributed by atoms with Crippen LogP contribution in [0.4, 0.5) is 0 Å². The second kappa shape index (κ2) is 21.6. The van der Waals surface area contributed by atoms with Gasteiger partial charge in [-0.3, -0.25) is 4.79 Å². The maximum Gasteiger partial charge on any atom is 0.315 e. The summed E-state index contributed by atoms with van der Waals surface area (Å²) in [4.78, 5) is 14.8. The lowest BCUT2D eigenvalue weighted by Crippen LogP contribution is -2.68. The molecule has 22 heteroatoms. The average molecular weight is 1090 g/mol. The van der Waals surface area contributed by atoms with Gasteiger partial charge >= 0.3 is 5.97 Å². The minimum atomic E-state index is -1.87. The Bertz CT molecular complexity index is 2080. The zero-order chi connectivity index (χ0) is 55.5. The van der Waals surface area contributed by atoms with Crippen molar-refractivity contribution in [3.63, 3.8) is 0 Å². The number of fused-ring (bicyclic) bond motifs is 7. The van der Waals surface area contributed by atoms with Crippen LogP contribution in [0.3, 0.4) is 0 Å². The third-order valence-electron chi connectivity index (χ3n) is 21.7. The van der Waals surface area contributed by atoms with Crippen molar-refractivity contribution in [1.82, 2.24) is 0 Å². The molecule has 4 saturated carbocycles. The van der Waals surface area contributed by atoms with E-state index in [9.17, 15) is 71.2 Å². The fourth-order valence-corrected chi connectivity index (χ4v) is 16.7. The molecule has 4 saturated heterocycles. The van der Waals surface area contributed by atoms with Crippen LogP contribution in [0.2, 0.25) is 0 Å². The molecule has 22 nitrogen and oxygen atoms in total. The molecule has 9 rings (SSSR count). The van der Waals surface area contributed by atoms with E-state index in [0.717, 1.165) is 32.1 Å². The summed E-state index contributed by atoms with van der Waals surface area (Å²) in [5.74, 6) is 0.00339. The van der Waals surface area contributed by atoms with E-state index in [1.165, 1.54) is 12.5 Å². The lowest BCUT2D eigenvalue weighted by molar-refractivity contribution is -0.397. The quantitative estimate of drug-likeness (QED) is 0.0660. The first kappa shape index (κ1) is 59.0. The summed E-state index contributed by atoms with van der Waals surface area (Å²) in [5, 5.41) is 139. The molecule has 0 radical (unpaired) electrons. The van der Waals surface area contributed by atoms with E-state index in [0.29, 0.717) is 31.6 Å². The largest absolute Gasteiger partial charge is 0.432 e. The van der Waals surface area contributed by atoms with Gasteiger partial charge in [-0.1, -0.05) is 60.1 Å². The molecule has 30 atom stereocenters. The van der Waals surface area contributed by atoms with E-state index in [1.807, 2.05) is 0 Å². The fraction of sp³-hybridized carbons (Fsp3) is 0.944. The highest BCUT2D eigenvalue weighted by molar-refractivity contribution is 5.79. The first-order valence-electron chi connectivity index (χ1n) is 27.8. The molecule has 0 aromatic carbocycles. The van der Waals surface area contributed by atoms with Gasteiger partial charge < -0.3 is 104 Å². The van der Waals surface area contributed by atoms with E-state index in [-0.39, 0.29) is 39.9 Å². The third kappa shape index (κ3) is 9.29. The number of rotatable bonds is 11. The molecular weight excluding hydrogens is 1000 g/mol. The first-order chi connectivity index (χ1) is 35.7. The molecule has 9 aliphatic rings. The Hall–Kier alpha value is -1.59. The first-order valence-corrected chi connectivity index (χ1v) is 27.8. The molecular formula is C54H88O22. The van der Waals surface area contributed by atoms with Gasteiger partial charge in [0.15, 0.2) is 18.9 Å². The van der Waals surface area contributed by atoms with Crippen molar-refractivity contribution in [1.29, 1.82) is 0 Å². The second-order valence-corrected chi connectivity index (χ2v) is 25.7. The Kier molecular flexibility index (Phi) is 16.8. The molecule has 0 aromatic rings. The van der Waals surface area contributed by atoms with Crippen molar-refractivity contribution < 1.29 is 109 Å². The molecule has 0 spiro atoms. The van der Waals surface area contributed by atoms with Gasteiger partial charge in [-0.05, 0) is 116 Å². The van der Waals surface area contributed by atoms with Crippen molar-refractivity contribution in [2.24, 2.45) is 56.7 Å².